The molecule has 2 aromatic carbocycles. The molecule has 1 atom stereocenters. The molecular weight excluding hydrogens is 608 g/mol. The van der Waals surface area contributed by atoms with Gasteiger partial charge in [0.25, 0.3) is 0 Å². The van der Waals surface area contributed by atoms with Crippen molar-refractivity contribution in [2.24, 2.45) is 0 Å². The summed E-state index contributed by atoms with van der Waals surface area (Å²) in [5.74, 6) is 3.26. The quantitative estimate of drug-likeness (QED) is 0.155. The Morgan fingerprint density at radius 3 is 0.844 bits per heavy atom. The molecule has 0 N–H and O–H groups in total. The van der Waals surface area contributed by atoms with Gasteiger partial charge in [-0.05, 0) is 95.9 Å². The van der Waals surface area contributed by atoms with Crippen molar-refractivity contribution in [1.82, 2.24) is 0 Å². The van der Waals surface area contributed by atoms with Crippen LogP contribution in [0, 0.1) is 0 Å². The van der Waals surface area contributed by atoms with Crippen molar-refractivity contribution < 1.29 is 0 Å². The maximum Gasteiger partial charge on any atom is 0.133 e. The Bertz CT molecular complexity index is 1190. The molecule has 1 heterocycles. The lowest BCUT2D eigenvalue weighted by Crippen LogP contribution is -2.59. The first-order valence-corrected chi connectivity index (χ1v) is 30.8. The lowest BCUT2D eigenvalue weighted by atomic mass is 9.89. The van der Waals surface area contributed by atoms with Crippen molar-refractivity contribution >= 4 is 39.2 Å². The Kier molecular flexibility index (Phi) is 11.9. The Labute approximate surface area is 285 Å². The van der Waals surface area contributed by atoms with Crippen molar-refractivity contribution in [1.29, 1.82) is 0 Å². The lowest BCUT2D eigenvalue weighted by Gasteiger charge is -2.47. The Balaban J connectivity index is 2.84. The fraction of sp³-hybridized carbons (Fsp3) is 0.707. The zero-order chi connectivity index (χ0) is 34.7. The molecule has 2 aromatic rings. The van der Waals surface area contributed by atoms with E-state index < -0.39 is 22.3 Å². The molecule has 254 valence electrons. The van der Waals surface area contributed by atoms with E-state index in [0.29, 0.717) is 35.5 Å². The molecule has 4 heteroatoms. The van der Waals surface area contributed by atoms with Crippen molar-refractivity contribution in [3.05, 3.63) is 57.6 Å². The van der Waals surface area contributed by atoms with Crippen LogP contribution in [0.3, 0.4) is 0 Å². The van der Waals surface area contributed by atoms with Gasteiger partial charge in [0.15, 0.2) is 0 Å². The highest BCUT2D eigenvalue weighted by atomic mass is 32.0. The first-order chi connectivity index (χ1) is 20.6. The van der Waals surface area contributed by atoms with E-state index in [1.165, 1.54) is 0 Å². The summed E-state index contributed by atoms with van der Waals surface area (Å²) >= 11 is 0. The number of hydrogen-bond acceptors (Lipinski definition) is 0. The van der Waals surface area contributed by atoms with Gasteiger partial charge in [0.1, 0.15) is 7.26 Å². The van der Waals surface area contributed by atoms with Crippen molar-refractivity contribution in [2.45, 2.75) is 190 Å². The van der Waals surface area contributed by atoms with Gasteiger partial charge in [-0.3, -0.25) is 0 Å². The third-order valence-electron chi connectivity index (χ3n) is 11.9. The minimum absolute atomic E-state index is 0.0572. The molecule has 0 saturated carbocycles. The second-order valence-corrected chi connectivity index (χ2v) is 53.7. The van der Waals surface area contributed by atoms with Crippen molar-refractivity contribution in [3.63, 3.8) is 0 Å². The monoisotopic (exact) mass is 680 g/mol. The topological polar surface area (TPSA) is 0 Å². The molecule has 1 aliphatic heterocycles. The van der Waals surface area contributed by atoms with Crippen LogP contribution in [-0.2, 0) is 0 Å². The predicted molar refractivity (Wildman–Crippen MR) is 218 cm³/mol. The van der Waals surface area contributed by atoms with Crippen LogP contribution in [0.2, 0.25) is 29.7 Å². The SMILES string of the molecule is CC(C)c1cc(C(C)C)c([Si]2(c3c(C(C)C)cc(C(C)C)cc3C(C)C)P([Si](C(C)C)(C(C)C)C(C)C)[Si]2(C)C)c(C(C)C)c1. The molecule has 1 saturated heterocycles. The highest BCUT2D eigenvalue weighted by molar-refractivity contribution is 8.67. The third-order valence-corrected chi connectivity index (χ3v) is 79.6. The maximum absolute atomic E-state index is 2.94. The molecule has 0 spiro atoms. The molecule has 0 bridgehead atoms. The summed E-state index contributed by atoms with van der Waals surface area (Å²) in [6, 6.07) is 10.9. The summed E-state index contributed by atoms with van der Waals surface area (Å²) < 4.78 is 0. The molecular formula is C41H73PSi3. The highest BCUT2D eigenvalue weighted by Gasteiger charge is 2.83. The van der Waals surface area contributed by atoms with Gasteiger partial charge >= 0.3 is 0 Å². The number of benzene rings is 2. The van der Waals surface area contributed by atoms with Gasteiger partial charge in [0, 0.05) is 0 Å². The second-order valence-electron chi connectivity index (χ2n) is 18.0. The zero-order valence-corrected chi connectivity index (χ0v) is 37.3. The largest absolute Gasteiger partial charge is 0.133 e. The average Bonchev–Trinajstić information content (AvgIpc) is 3.41. The number of hydrogen-bond donors (Lipinski definition) is 0. The first kappa shape index (κ1) is 39.0. The van der Waals surface area contributed by atoms with Gasteiger partial charge in [-0.15, -0.1) is 6.57 Å². The molecule has 0 radical (unpaired) electrons. The molecule has 1 aliphatic rings. The Hall–Kier alpha value is -0.479. The molecule has 0 aliphatic carbocycles. The standard InChI is InChI=1S/C41H73PSi3/c1-25(2)34-21-36(27(5)6)40(37(22-34)28(7)8)45(42(43(45,19)20)44(31(13)14,32(15)16)33(17)18)41-38(29(9)10)23-35(26(3)4)24-39(41)30(11)12/h21-33H,1-20H3. The van der Waals surface area contributed by atoms with E-state index in [4.69, 9.17) is 0 Å². The van der Waals surface area contributed by atoms with Crippen LogP contribution in [0.25, 0.3) is 0 Å². The van der Waals surface area contributed by atoms with Gasteiger partial charge in [0.05, 0.1) is 15.0 Å². The molecule has 1 fully saturated rings. The normalized spacial score (nSPS) is 18.4. The summed E-state index contributed by atoms with van der Waals surface area (Å²) in [7, 11) is -5.62. The Morgan fingerprint density at radius 2 is 0.667 bits per heavy atom. The minimum Gasteiger partial charge on any atom is -0.133 e. The fourth-order valence-electron chi connectivity index (χ4n) is 9.84. The molecule has 0 nitrogen and oxygen atoms in total. The average molecular weight is 681 g/mol. The van der Waals surface area contributed by atoms with Gasteiger partial charge in [-0.1, -0.05) is 162 Å². The van der Waals surface area contributed by atoms with Gasteiger partial charge < -0.3 is 0 Å². The van der Waals surface area contributed by atoms with Crippen LogP contribution in [0.1, 0.15) is 194 Å². The van der Waals surface area contributed by atoms with E-state index in [1.54, 1.807) is 33.4 Å². The molecule has 1 unspecified atom stereocenters. The molecule has 0 aromatic heterocycles. The van der Waals surface area contributed by atoms with E-state index >= 15 is 0 Å². The summed E-state index contributed by atoms with van der Waals surface area (Å²) in [6.45, 7) is 51.6. The van der Waals surface area contributed by atoms with E-state index in [2.05, 4.69) is 162 Å². The van der Waals surface area contributed by atoms with Crippen LogP contribution in [-0.4, -0.2) is 22.3 Å². The molecule has 45 heavy (non-hydrogen) atoms. The summed E-state index contributed by atoms with van der Waals surface area (Å²) in [5.41, 5.74) is 12.5. The predicted octanol–water partition coefficient (Wildman–Crippen LogP) is 13.4. The lowest BCUT2D eigenvalue weighted by molar-refractivity contribution is 0.809. The molecule has 3 rings (SSSR count). The van der Waals surface area contributed by atoms with E-state index in [0.717, 1.165) is 16.6 Å². The maximum atomic E-state index is 2.94. The van der Waals surface area contributed by atoms with Crippen LogP contribution in [0.5, 0.6) is 0 Å². The first-order valence-electron chi connectivity index (χ1n) is 18.7. The van der Waals surface area contributed by atoms with Crippen LogP contribution < -0.4 is 10.4 Å². The number of rotatable bonds is 12. The van der Waals surface area contributed by atoms with Crippen LogP contribution in [0.15, 0.2) is 24.3 Å². The van der Waals surface area contributed by atoms with Crippen LogP contribution in [0.4, 0.5) is 0 Å². The van der Waals surface area contributed by atoms with Crippen molar-refractivity contribution in [2.75, 3.05) is 0 Å². The Morgan fingerprint density at radius 1 is 0.422 bits per heavy atom. The second kappa shape index (κ2) is 13.8. The van der Waals surface area contributed by atoms with E-state index in [9.17, 15) is 0 Å². The minimum atomic E-state index is -2.17. The van der Waals surface area contributed by atoms with Crippen LogP contribution >= 0.6 is 6.57 Å². The summed E-state index contributed by atoms with van der Waals surface area (Å²) in [6.07, 6.45) is 0. The smallest absolute Gasteiger partial charge is 0.133 e. The van der Waals surface area contributed by atoms with Gasteiger partial charge in [-0.2, -0.15) is 0 Å². The zero-order valence-electron chi connectivity index (χ0n) is 33.5. The van der Waals surface area contributed by atoms with Crippen molar-refractivity contribution in [3.8, 4) is 0 Å². The van der Waals surface area contributed by atoms with Gasteiger partial charge in [-0.25, -0.2) is 0 Å². The fourth-order valence-corrected chi connectivity index (χ4v) is 123. The summed E-state index contributed by atoms with van der Waals surface area (Å²) in [5, 5.41) is 3.92. The highest BCUT2D eigenvalue weighted by Crippen LogP contribution is 2.85. The summed E-state index contributed by atoms with van der Waals surface area (Å²) in [4.78, 5) is 0. The van der Waals surface area contributed by atoms with E-state index in [1.807, 2.05) is 10.4 Å². The molecule has 0 amide bonds. The van der Waals surface area contributed by atoms with E-state index in [-0.39, 0.29) is 6.57 Å². The third kappa shape index (κ3) is 6.14. The van der Waals surface area contributed by atoms with Gasteiger partial charge in [0.2, 0.25) is 0 Å².